The number of benzene rings is 1. The van der Waals surface area contributed by atoms with Gasteiger partial charge < -0.3 is 14.5 Å². The molecule has 27 heavy (non-hydrogen) atoms. The topological polar surface area (TPSA) is 64.4 Å². The molecule has 0 saturated heterocycles. The van der Waals surface area contributed by atoms with Crippen LogP contribution < -0.4 is 5.32 Å². The number of hydrogen-bond donors (Lipinski definition) is 1. The van der Waals surface area contributed by atoms with E-state index in [9.17, 15) is 4.79 Å². The van der Waals surface area contributed by atoms with Gasteiger partial charge in [-0.25, -0.2) is 4.98 Å². The molecule has 1 aromatic carbocycles. The zero-order valence-electron chi connectivity index (χ0n) is 15.8. The van der Waals surface area contributed by atoms with Gasteiger partial charge in [-0.15, -0.1) is 11.3 Å². The van der Waals surface area contributed by atoms with Gasteiger partial charge in [0.2, 0.25) is 5.91 Å². The number of carbonyl (C=O) groups excluding carboxylic acids is 1. The lowest BCUT2D eigenvalue weighted by Crippen LogP contribution is -2.25. The van der Waals surface area contributed by atoms with Gasteiger partial charge in [-0.2, -0.15) is 0 Å². The molecule has 142 valence electrons. The van der Waals surface area contributed by atoms with Crippen molar-refractivity contribution in [2.75, 3.05) is 0 Å². The van der Waals surface area contributed by atoms with Crippen LogP contribution in [0.5, 0.6) is 0 Å². The van der Waals surface area contributed by atoms with Gasteiger partial charge in [0.05, 0.1) is 24.8 Å². The summed E-state index contributed by atoms with van der Waals surface area (Å²) >= 11 is 1.48. The number of ether oxygens (including phenoxy) is 1. The highest BCUT2D eigenvalue weighted by molar-refractivity contribution is 7.13. The smallest absolute Gasteiger partial charge is 0.226 e. The van der Waals surface area contributed by atoms with Gasteiger partial charge >= 0.3 is 0 Å². The highest BCUT2D eigenvalue weighted by Gasteiger charge is 2.12. The molecule has 0 aliphatic rings. The number of rotatable bonds is 8. The van der Waals surface area contributed by atoms with E-state index >= 15 is 0 Å². The fraction of sp³-hybridized carbons (Fsp3) is 0.333. The summed E-state index contributed by atoms with van der Waals surface area (Å²) in [5.41, 5.74) is 2.91. The van der Waals surface area contributed by atoms with Crippen molar-refractivity contribution in [3.63, 3.8) is 0 Å². The molecule has 1 N–H and O–H groups in total. The maximum absolute atomic E-state index is 12.3. The maximum atomic E-state index is 12.3. The summed E-state index contributed by atoms with van der Waals surface area (Å²) in [7, 11) is 0. The van der Waals surface area contributed by atoms with Crippen LogP contribution >= 0.6 is 11.3 Å². The molecular formula is C21H24N2O3S. The number of carbonyl (C=O) groups is 1. The van der Waals surface area contributed by atoms with E-state index in [0.717, 1.165) is 33.3 Å². The molecule has 0 saturated carbocycles. The molecule has 1 amide bonds. The van der Waals surface area contributed by atoms with Crippen LogP contribution in [-0.2, 0) is 29.1 Å². The van der Waals surface area contributed by atoms with Crippen molar-refractivity contribution < 1.29 is 13.9 Å². The first-order valence-corrected chi connectivity index (χ1v) is 9.85. The summed E-state index contributed by atoms with van der Waals surface area (Å²) < 4.78 is 11.3. The molecule has 0 spiro atoms. The first kappa shape index (κ1) is 19.3. The van der Waals surface area contributed by atoms with E-state index in [1.54, 1.807) is 0 Å². The molecule has 0 unspecified atom stereocenters. The van der Waals surface area contributed by atoms with Crippen molar-refractivity contribution in [1.82, 2.24) is 10.3 Å². The second kappa shape index (κ2) is 8.97. The van der Waals surface area contributed by atoms with Crippen LogP contribution in [0, 0.1) is 6.92 Å². The summed E-state index contributed by atoms with van der Waals surface area (Å²) in [5, 5.41) is 5.67. The molecule has 3 rings (SSSR count). The Hall–Kier alpha value is -2.44. The van der Waals surface area contributed by atoms with Crippen LogP contribution in [-0.4, -0.2) is 17.0 Å². The predicted molar refractivity (Wildman–Crippen MR) is 106 cm³/mol. The number of aromatic nitrogens is 1. The van der Waals surface area contributed by atoms with Gasteiger partial charge in [0.1, 0.15) is 5.76 Å². The Kier molecular flexibility index (Phi) is 6.42. The molecular weight excluding hydrogens is 360 g/mol. The van der Waals surface area contributed by atoms with Crippen molar-refractivity contribution in [2.24, 2.45) is 0 Å². The lowest BCUT2D eigenvalue weighted by atomic mass is 10.1. The Labute approximate surface area is 163 Å². The molecule has 0 radical (unpaired) electrons. The Morgan fingerprint density at radius 1 is 1.22 bits per heavy atom. The lowest BCUT2D eigenvalue weighted by Gasteiger charge is -2.12. The number of thiazole rings is 1. The average molecular weight is 385 g/mol. The maximum Gasteiger partial charge on any atom is 0.226 e. The van der Waals surface area contributed by atoms with E-state index in [1.165, 1.54) is 11.3 Å². The lowest BCUT2D eigenvalue weighted by molar-refractivity contribution is -0.120. The highest BCUT2D eigenvalue weighted by Crippen LogP contribution is 2.25. The minimum absolute atomic E-state index is 0.0537. The van der Waals surface area contributed by atoms with Crippen LogP contribution in [0.15, 0.2) is 46.2 Å². The number of hydrogen-bond acceptors (Lipinski definition) is 5. The van der Waals surface area contributed by atoms with Gasteiger partial charge in [0.15, 0.2) is 10.8 Å². The highest BCUT2D eigenvalue weighted by atomic mass is 32.1. The third-order valence-corrected chi connectivity index (χ3v) is 4.92. The molecule has 5 nitrogen and oxygen atoms in total. The van der Waals surface area contributed by atoms with Gasteiger partial charge in [0.25, 0.3) is 0 Å². The zero-order valence-corrected chi connectivity index (χ0v) is 16.6. The van der Waals surface area contributed by atoms with Crippen LogP contribution in [0.1, 0.15) is 36.4 Å². The van der Waals surface area contributed by atoms with Crippen LogP contribution in [0.2, 0.25) is 0 Å². The molecule has 0 bridgehead atoms. The van der Waals surface area contributed by atoms with E-state index in [4.69, 9.17) is 9.15 Å². The quantitative estimate of drug-likeness (QED) is 0.621. The normalized spacial score (nSPS) is 11.1. The standard InChI is InChI=1S/C21H24N2O3S/c1-14(2)25-12-17-7-5-4-6-16(17)11-22-20(24)10-18-13-27-21(23-18)19-9-8-15(3)26-19/h4-9,13-14H,10-12H2,1-3H3,(H,22,24). The van der Waals surface area contributed by atoms with Gasteiger partial charge in [-0.1, -0.05) is 24.3 Å². The van der Waals surface area contributed by atoms with E-state index in [1.807, 2.05) is 62.5 Å². The fourth-order valence-corrected chi connectivity index (χ4v) is 3.38. The third kappa shape index (κ3) is 5.52. The van der Waals surface area contributed by atoms with Crippen LogP contribution in [0.3, 0.4) is 0 Å². The molecule has 2 heterocycles. The van der Waals surface area contributed by atoms with Gasteiger partial charge in [-0.05, 0) is 44.0 Å². The monoisotopic (exact) mass is 384 g/mol. The Morgan fingerprint density at radius 3 is 2.70 bits per heavy atom. The summed E-state index contributed by atoms with van der Waals surface area (Å²) in [5.74, 6) is 1.53. The van der Waals surface area contributed by atoms with Gasteiger partial charge in [0, 0.05) is 11.9 Å². The first-order chi connectivity index (χ1) is 13.0. The third-order valence-electron chi connectivity index (χ3n) is 4.01. The molecule has 0 fully saturated rings. The number of nitrogens with one attached hydrogen (secondary N) is 1. The van der Waals surface area contributed by atoms with Gasteiger partial charge in [-0.3, -0.25) is 4.79 Å². The Bertz CT molecular complexity index is 898. The zero-order chi connectivity index (χ0) is 19.2. The summed E-state index contributed by atoms with van der Waals surface area (Å²) in [6.45, 7) is 6.94. The molecule has 2 aromatic heterocycles. The van der Waals surface area contributed by atoms with E-state index < -0.39 is 0 Å². The number of amides is 1. The van der Waals surface area contributed by atoms with Crippen molar-refractivity contribution in [3.8, 4) is 10.8 Å². The summed E-state index contributed by atoms with van der Waals surface area (Å²) in [4.78, 5) is 16.8. The Morgan fingerprint density at radius 2 is 2.00 bits per heavy atom. The molecule has 3 aromatic rings. The number of aryl methyl sites for hydroxylation is 1. The summed E-state index contributed by atoms with van der Waals surface area (Å²) in [6.07, 6.45) is 0.422. The molecule has 0 aliphatic heterocycles. The van der Waals surface area contributed by atoms with Crippen molar-refractivity contribution >= 4 is 17.2 Å². The van der Waals surface area contributed by atoms with Crippen LogP contribution in [0.4, 0.5) is 0 Å². The largest absolute Gasteiger partial charge is 0.459 e. The molecule has 0 aliphatic carbocycles. The molecule has 0 atom stereocenters. The minimum atomic E-state index is -0.0537. The minimum Gasteiger partial charge on any atom is -0.459 e. The second-order valence-corrected chi connectivity index (χ2v) is 7.49. The summed E-state index contributed by atoms with van der Waals surface area (Å²) in [6, 6.07) is 11.8. The van der Waals surface area contributed by atoms with Crippen molar-refractivity contribution in [3.05, 3.63) is 64.4 Å². The van der Waals surface area contributed by atoms with E-state index in [-0.39, 0.29) is 18.4 Å². The predicted octanol–water partition coefficient (Wildman–Crippen LogP) is 4.50. The second-order valence-electron chi connectivity index (χ2n) is 6.64. The van der Waals surface area contributed by atoms with E-state index in [2.05, 4.69) is 10.3 Å². The average Bonchev–Trinajstić information content (AvgIpc) is 3.27. The fourth-order valence-electron chi connectivity index (χ4n) is 2.60. The van der Waals surface area contributed by atoms with Crippen LogP contribution in [0.25, 0.3) is 10.8 Å². The molecule has 6 heteroatoms. The number of nitrogens with zero attached hydrogens (tertiary/aromatic N) is 1. The van der Waals surface area contributed by atoms with E-state index in [0.29, 0.717) is 13.2 Å². The first-order valence-electron chi connectivity index (χ1n) is 8.97. The SMILES string of the molecule is Cc1ccc(-c2nc(CC(=O)NCc3ccccc3COC(C)C)cs2)o1. The van der Waals surface area contributed by atoms with Crippen molar-refractivity contribution in [1.29, 1.82) is 0 Å². The van der Waals surface area contributed by atoms with Crippen molar-refractivity contribution in [2.45, 2.75) is 46.4 Å². The number of furan rings is 1. The Balaban J connectivity index is 1.55.